The lowest BCUT2D eigenvalue weighted by Gasteiger charge is -2.16. The molecule has 4 nitrogen and oxygen atoms in total. The molecule has 0 spiro atoms. The summed E-state index contributed by atoms with van der Waals surface area (Å²) in [5, 5.41) is 18.9. The van der Waals surface area contributed by atoms with Crippen molar-refractivity contribution in [3.05, 3.63) is 53.6 Å². The van der Waals surface area contributed by atoms with Gasteiger partial charge in [0.15, 0.2) is 0 Å². The van der Waals surface area contributed by atoms with E-state index in [1.165, 1.54) is 0 Å². The molecule has 106 valence electrons. The quantitative estimate of drug-likeness (QED) is 0.880. The minimum atomic E-state index is -0.696. The van der Waals surface area contributed by atoms with Gasteiger partial charge in [-0.25, -0.2) is 0 Å². The van der Waals surface area contributed by atoms with Crippen LogP contribution in [0.25, 0.3) is 0 Å². The van der Waals surface area contributed by atoms with E-state index in [1.54, 1.807) is 50.4 Å². The van der Waals surface area contributed by atoms with E-state index in [4.69, 9.17) is 14.6 Å². The van der Waals surface area contributed by atoms with Crippen molar-refractivity contribution in [3.63, 3.8) is 0 Å². The first-order valence-corrected chi connectivity index (χ1v) is 6.38. The van der Waals surface area contributed by atoms with E-state index in [0.717, 1.165) is 5.56 Å². The minimum absolute atomic E-state index is 0.00162. The highest BCUT2D eigenvalue weighted by atomic mass is 16.5. The molecule has 1 atom stereocenters. The third-order valence-corrected chi connectivity index (χ3v) is 3.00. The molecule has 0 aliphatic rings. The van der Waals surface area contributed by atoms with Crippen molar-refractivity contribution in [1.29, 1.82) is 0 Å². The maximum absolute atomic E-state index is 9.88. The van der Waals surface area contributed by atoms with Crippen LogP contribution >= 0.6 is 0 Å². The minimum Gasteiger partial charge on any atom is -0.496 e. The number of aliphatic hydroxyl groups excluding tert-OH is 2. The van der Waals surface area contributed by atoms with E-state index in [2.05, 4.69) is 0 Å². The molecule has 0 aliphatic heterocycles. The van der Waals surface area contributed by atoms with Gasteiger partial charge in [-0.1, -0.05) is 18.2 Å². The van der Waals surface area contributed by atoms with E-state index in [9.17, 15) is 5.11 Å². The average molecular weight is 274 g/mol. The number of benzene rings is 2. The molecule has 0 saturated carbocycles. The van der Waals surface area contributed by atoms with Gasteiger partial charge in [0.05, 0.1) is 25.4 Å². The van der Waals surface area contributed by atoms with Gasteiger partial charge in [-0.3, -0.25) is 0 Å². The first kappa shape index (κ1) is 14.4. The Labute approximate surface area is 118 Å². The van der Waals surface area contributed by atoms with Crippen molar-refractivity contribution in [1.82, 2.24) is 0 Å². The predicted molar refractivity (Wildman–Crippen MR) is 76.1 cm³/mol. The van der Waals surface area contributed by atoms with Gasteiger partial charge in [0.2, 0.25) is 0 Å². The Kier molecular flexibility index (Phi) is 4.61. The van der Waals surface area contributed by atoms with Crippen LogP contribution in [-0.4, -0.2) is 17.3 Å². The Morgan fingerprint density at radius 3 is 2.25 bits per heavy atom. The molecule has 2 N–H and O–H groups in total. The fraction of sp³-hybridized carbons (Fsp3) is 0.250. The normalized spacial score (nSPS) is 12.0. The fourth-order valence-electron chi connectivity index (χ4n) is 1.99. The zero-order valence-corrected chi connectivity index (χ0v) is 11.5. The third-order valence-electron chi connectivity index (χ3n) is 3.00. The molecule has 0 fully saturated rings. The van der Waals surface area contributed by atoms with Crippen molar-refractivity contribution < 1.29 is 19.7 Å². The van der Waals surface area contributed by atoms with Gasteiger partial charge in [0.1, 0.15) is 17.2 Å². The van der Waals surface area contributed by atoms with Crippen LogP contribution in [-0.2, 0) is 6.61 Å². The monoisotopic (exact) mass is 274 g/mol. The Bertz CT molecular complexity index is 561. The zero-order chi connectivity index (χ0) is 14.5. The van der Waals surface area contributed by atoms with Gasteiger partial charge in [-0.15, -0.1) is 0 Å². The second kappa shape index (κ2) is 6.41. The van der Waals surface area contributed by atoms with E-state index in [0.29, 0.717) is 22.8 Å². The number of hydrogen-bond donors (Lipinski definition) is 2. The second-order valence-corrected chi connectivity index (χ2v) is 4.45. The highest BCUT2D eigenvalue weighted by Crippen LogP contribution is 2.36. The summed E-state index contributed by atoms with van der Waals surface area (Å²) in [4.78, 5) is 0. The molecule has 20 heavy (non-hydrogen) atoms. The summed E-state index contributed by atoms with van der Waals surface area (Å²) >= 11 is 0. The Hall–Kier alpha value is -2.04. The molecule has 2 aromatic carbocycles. The fourth-order valence-corrected chi connectivity index (χ4v) is 1.99. The van der Waals surface area contributed by atoms with E-state index in [-0.39, 0.29) is 6.61 Å². The molecule has 0 radical (unpaired) electrons. The molecular weight excluding hydrogens is 256 g/mol. The molecule has 0 heterocycles. The van der Waals surface area contributed by atoms with Gasteiger partial charge in [-0.05, 0) is 36.8 Å². The maximum atomic E-state index is 9.88. The topological polar surface area (TPSA) is 58.9 Å². The summed E-state index contributed by atoms with van der Waals surface area (Å²) < 4.78 is 11.0. The number of rotatable bonds is 5. The van der Waals surface area contributed by atoms with Crippen molar-refractivity contribution in [2.24, 2.45) is 0 Å². The smallest absolute Gasteiger partial charge is 0.136 e. The summed E-state index contributed by atoms with van der Waals surface area (Å²) in [6.07, 6.45) is -0.696. The molecular formula is C16H18O4. The van der Waals surface area contributed by atoms with E-state index < -0.39 is 6.10 Å². The number of ether oxygens (including phenoxy) is 2. The largest absolute Gasteiger partial charge is 0.496 e. The third kappa shape index (κ3) is 3.10. The van der Waals surface area contributed by atoms with Crippen LogP contribution < -0.4 is 9.47 Å². The molecule has 0 unspecified atom stereocenters. The lowest BCUT2D eigenvalue weighted by Crippen LogP contribution is -2.00. The van der Waals surface area contributed by atoms with Crippen LogP contribution in [0.15, 0.2) is 42.5 Å². The molecule has 2 aromatic rings. The van der Waals surface area contributed by atoms with Crippen molar-refractivity contribution in [3.8, 4) is 17.2 Å². The molecule has 4 heteroatoms. The van der Waals surface area contributed by atoms with Crippen LogP contribution in [0.4, 0.5) is 0 Å². The number of aliphatic hydroxyl groups is 2. The van der Waals surface area contributed by atoms with Crippen molar-refractivity contribution >= 4 is 0 Å². The van der Waals surface area contributed by atoms with Crippen LogP contribution in [0.2, 0.25) is 0 Å². The van der Waals surface area contributed by atoms with E-state index in [1.807, 2.05) is 6.07 Å². The average Bonchev–Trinajstić information content (AvgIpc) is 2.47. The molecule has 0 aliphatic carbocycles. The number of hydrogen-bond acceptors (Lipinski definition) is 4. The van der Waals surface area contributed by atoms with Gasteiger partial charge in [0.25, 0.3) is 0 Å². The van der Waals surface area contributed by atoms with Gasteiger partial charge in [-0.2, -0.15) is 0 Å². The summed E-state index contributed by atoms with van der Waals surface area (Å²) in [7, 11) is 1.56. The van der Waals surface area contributed by atoms with Gasteiger partial charge < -0.3 is 19.7 Å². The Balaban J connectivity index is 2.32. The first-order valence-electron chi connectivity index (χ1n) is 6.38. The zero-order valence-electron chi connectivity index (χ0n) is 11.5. The Morgan fingerprint density at radius 1 is 1.05 bits per heavy atom. The van der Waals surface area contributed by atoms with Crippen molar-refractivity contribution in [2.45, 2.75) is 19.6 Å². The second-order valence-electron chi connectivity index (χ2n) is 4.45. The molecule has 2 rings (SSSR count). The van der Waals surface area contributed by atoms with E-state index >= 15 is 0 Å². The first-order chi connectivity index (χ1) is 9.65. The van der Waals surface area contributed by atoms with Crippen LogP contribution in [0.3, 0.4) is 0 Å². The van der Waals surface area contributed by atoms with Crippen molar-refractivity contribution in [2.75, 3.05) is 7.11 Å². The standard InChI is InChI=1S/C16H18O4/c1-11(18)16-14(19-2)4-3-5-15(16)20-13-8-6-12(10-17)7-9-13/h3-9,11,17-18H,10H2,1-2H3/t11-/m1/s1. The highest BCUT2D eigenvalue weighted by Gasteiger charge is 2.15. The lowest BCUT2D eigenvalue weighted by atomic mass is 10.1. The predicted octanol–water partition coefficient (Wildman–Crippen LogP) is 3.03. The SMILES string of the molecule is COc1cccc(Oc2ccc(CO)cc2)c1[C@@H](C)O. The summed E-state index contributed by atoms with van der Waals surface area (Å²) in [5.41, 5.74) is 1.43. The van der Waals surface area contributed by atoms with Gasteiger partial charge in [0, 0.05) is 0 Å². The summed E-state index contributed by atoms with van der Waals surface area (Å²) in [6, 6.07) is 12.5. The highest BCUT2D eigenvalue weighted by molar-refractivity contribution is 5.48. The molecule has 0 amide bonds. The summed E-state index contributed by atoms with van der Waals surface area (Å²) in [5.74, 6) is 1.78. The summed E-state index contributed by atoms with van der Waals surface area (Å²) in [6.45, 7) is 1.66. The Morgan fingerprint density at radius 2 is 1.70 bits per heavy atom. The van der Waals surface area contributed by atoms with Crippen LogP contribution in [0.1, 0.15) is 24.2 Å². The lowest BCUT2D eigenvalue weighted by molar-refractivity contribution is 0.190. The molecule has 0 saturated heterocycles. The molecule has 0 aromatic heterocycles. The van der Waals surface area contributed by atoms with Crippen LogP contribution in [0, 0.1) is 0 Å². The number of methoxy groups -OCH3 is 1. The maximum Gasteiger partial charge on any atom is 0.136 e. The van der Waals surface area contributed by atoms with Gasteiger partial charge >= 0.3 is 0 Å². The molecule has 0 bridgehead atoms. The van der Waals surface area contributed by atoms with Crippen LogP contribution in [0.5, 0.6) is 17.2 Å².